The van der Waals surface area contributed by atoms with Crippen LogP contribution < -0.4 is 9.47 Å². The Labute approximate surface area is 444 Å². The molecule has 372 valence electrons. The lowest BCUT2D eigenvalue weighted by Gasteiger charge is -2.07. The van der Waals surface area contributed by atoms with Crippen LogP contribution in [0.5, 0.6) is 11.5 Å². The Morgan fingerprint density at radius 1 is 0.373 bits per heavy atom. The van der Waals surface area contributed by atoms with Crippen LogP contribution in [0.2, 0.25) is 15.1 Å². The molecule has 0 bridgehead atoms. The molecular weight excluding hydrogens is 1010 g/mol. The summed E-state index contributed by atoms with van der Waals surface area (Å²) in [5.74, 6) is 1.22. The molecule has 0 saturated carbocycles. The standard InChI is InChI=1S/C20H17ClN4O2.C19H15ClN4.C18H12ClFN4/c1-25-20-16(18(24-25)13-5-4-6-15(11-13)27-3)17(21)19(22-23-20)12-7-9-14(26-2)10-8-12;1-12-7-6-10-14(11-12)17-15-16(20)18(13-8-4-3-5-9-13)21-22-19(15)24(2)23-17;1-24-18-14(16(23-24)12-7-9-13(20)10-8-12)15(19)17(21-22-18)11-5-3-2-4-6-11/h4-11H,1-3H3;3-11H,1-2H3;2-10H,1H3. The zero-order chi connectivity index (χ0) is 52.3. The molecule has 0 aliphatic rings. The Hall–Kier alpha value is -8.63. The molecule has 0 unspecified atom stereocenters. The fourth-order valence-corrected chi connectivity index (χ4v) is 9.51. The number of nitrogens with zero attached hydrogens (tertiary/aromatic N) is 12. The number of hydrogen-bond acceptors (Lipinski definition) is 11. The second kappa shape index (κ2) is 21.5. The van der Waals surface area contributed by atoms with Crippen molar-refractivity contribution in [2.24, 2.45) is 21.1 Å². The summed E-state index contributed by atoms with van der Waals surface area (Å²) >= 11 is 20.1. The summed E-state index contributed by atoms with van der Waals surface area (Å²) in [7, 11) is 8.72. The van der Waals surface area contributed by atoms with E-state index in [1.807, 2.05) is 135 Å². The first kappa shape index (κ1) is 49.9. The zero-order valence-corrected chi connectivity index (χ0v) is 43.5. The van der Waals surface area contributed by atoms with Gasteiger partial charge in [-0.25, -0.2) is 18.4 Å². The third kappa shape index (κ3) is 9.96. The normalized spacial score (nSPS) is 11.1. The first-order valence-electron chi connectivity index (χ1n) is 23.3. The largest absolute Gasteiger partial charge is 0.497 e. The molecule has 18 heteroatoms. The summed E-state index contributed by atoms with van der Waals surface area (Å²) in [6.45, 7) is 2.06. The van der Waals surface area contributed by atoms with Gasteiger partial charge in [0.25, 0.3) is 0 Å². The van der Waals surface area contributed by atoms with E-state index in [-0.39, 0.29) is 5.82 Å². The van der Waals surface area contributed by atoms with Crippen molar-refractivity contribution in [3.8, 4) is 79.0 Å². The summed E-state index contributed by atoms with van der Waals surface area (Å²) < 4.78 is 28.8. The first-order chi connectivity index (χ1) is 36.4. The quantitative estimate of drug-likeness (QED) is 0.143. The molecule has 0 fully saturated rings. The fraction of sp³-hybridized carbons (Fsp3) is 0.105. The number of hydrogen-bond donors (Lipinski definition) is 0. The van der Waals surface area contributed by atoms with Crippen LogP contribution in [-0.4, -0.2) is 74.2 Å². The molecule has 0 aliphatic heterocycles. The van der Waals surface area contributed by atoms with Crippen LogP contribution in [0.1, 0.15) is 5.56 Å². The van der Waals surface area contributed by atoms with Gasteiger partial charge in [-0.15, -0.1) is 30.6 Å². The molecule has 6 aromatic carbocycles. The molecule has 6 heterocycles. The Morgan fingerprint density at radius 2 is 0.733 bits per heavy atom. The highest BCUT2D eigenvalue weighted by Gasteiger charge is 2.23. The summed E-state index contributed by atoms with van der Waals surface area (Å²) in [4.78, 5) is 0. The number of aryl methyl sites for hydroxylation is 4. The molecule has 0 spiro atoms. The SMILES string of the molecule is COc1ccc(-c2nnc3c(c(-c4cccc(OC)c4)nn3C)c2Cl)cc1.Cc1cccc(-c2nn(C)c3nnc(-c4ccccc4)c(Cl)c23)c1.Cn1nc(-c2ccc(F)cc2)c2c(Cl)c(-c3ccccc3)nnc21. The highest BCUT2D eigenvalue weighted by molar-refractivity contribution is 6.39. The number of methoxy groups -OCH3 is 2. The number of halogens is 4. The summed E-state index contributed by atoms with van der Waals surface area (Å²) in [6, 6.07) is 49.1. The van der Waals surface area contributed by atoms with E-state index in [1.54, 1.807) is 47.4 Å². The van der Waals surface area contributed by atoms with Gasteiger partial charge in [-0.2, -0.15) is 15.3 Å². The van der Waals surface area contributed by atoms with Crippen LogP contribution in [0.3, 0.4) is 0 Å². The van der Waals surface area contributed by atoms with Crippen molar-refractivity contribution in [2.45, 2.75) is 6.92 Å². The van der Waals surface area contributed by atoms with Crippen LogP contribution in [0.15, 0.2) is 158 Å². The van der Waals surface area contributed by atoms with Crippen LogP contribution in [-0.2, 0) is 21.1 Å². The Bertz CT molecular complexity index is 4020. The molecule has 6 aromatic heterocycles. The van der Waals surface area contributed by atoms with E-state index in [4.69, 9.17) is 44.3 Å². The topological polar surface area (TPSA) is 149 Å². The van der Waals surface area contributed by atoms with Gasteiger partial charge in [0.15, 0.2) is 16.9 Å². The lowest BCUT2D eigenvalue weighted by molar-refractivity contribution is 0.415. The second-order valence-corrected chi connectivity index (χ2v) is 18.3. The first-order valence-corrected chi connectivity index (χ1v) is 24.4. The van der Waals surface area contributed by atoms with Crippen molar-refractivity contribution in [3.05, 3.63) is 184 Å². The maximum Gasteiger partial charge on any atom is 0.182 e. The summed E-state index contributed by atoms with van der Waals surface area (Å²) in [5, 5.41) is 43.5. The zero-order valence-electron chi connectivity index (χ0n) is 41.2. The molecule has 12 rings (SSSR count). The van der Waals surface area contributed by atoms with Crippen molar-refractivity contribution < 1.29 is 13.9 Å². The average molecular weight is 1050 g/mol. The highest BCUT2D eigenvalue weighted by atomic mass is 35.5. The third-order valence-electron chi connectivity index (χ3n) is 12.3. The number of aromatic nitrogens is 12. The molecule has 12 aromatic rings. The van der Waals surface area contributed by atoms with Gasteiger partial charge in [0.05, 0.1) is 45.4 Å². The molecule has 75 heavy (non-hydrogen) atoms. The van der Waals surface area contributed by atoms with Gasteiger partial charge in [0.1, 0.15) is 51.5 Å². The summed E-state index contributed by atoms with van der Waals surface area (Å²) in [5.41, 5.74) is 12.5. The van der Waals surface area contributed by atoms with Crippen LogP contribution >= 0.6 is 34.8 Å². The number of rotatable bonds is 8. The molecule has 0 radical (unpaired) electrons. The van der Waals surface area contributed by atoms with Crippen molar-refractivity contribution >= 4 is 67.9 Å². The van der Waals surface area contributed by atoms with Gasteiger partial charge in [-0.05, 0) is 73.7 Å². The van der Waals surface area contributed by atoms with Crippen molar-refractivity contribution in [3.63, 3.8) is 0 Å². The third-order valence-corrected chi connectivity index (χ3v) is 13.4. The maximum absolute atomic E-state index is 13.2. The second-order valence-electron chi connectivity index (χ2n) is 17.2. The van der Waals surface area contributed by atoms with Gasteiger partial charge in [0.2, 0.25) is 0 Å². The number of ether oxygens (including phenoxy) is 2. The smallest absolute Gasteiger partial charge is 0.182 e. The van der Waals surface area contributed by atoms with Crippen LogP contribution in [0.25, 0.3) is 101 Å². The fourth-order valence-electron chi connectivity index (χ4n) is 8.55. The molecule has 0 atom stereocenters. The molecule has 0 saturated heterocycles. The predicted octanol–water partition coefficient (Wildman–Crippen LogP) is 13.5. The van der Waals surface area contributed by atoms with E-state index < -0.39 is 0 Å². The van der Waals surface area contributed by atoms with E-state index in [0.29, 0.717) is 60.2 Å². The van der Waals surface area contributed by atoms with Gasteiger partial charge in [-0.3, -0.25) is 0 Å². The van der Waals surface area contributed by atoms with Gasteiger partial charge < -0.3 is 9.47 Å². The van der Waals surface area contributed by atoms with E-state index in [2.05, 4.69) is 64.9 Å². The van der Waals surface area contributed by atoms with Crippen LogP contribution in [0.4, 0.5) is 4.39 Å². The monoisotopic (exact) mass is 1050 g/mol. The van der Waals surface area contributed by atoms with Crippen LogP contribution in [0, 0.1) is 12.7 Å². The average Bonchev–Trinajstić information content (AvgIpc) is 4.11. The molecule has 14 nitrogen and oxygen atoms in total. The molecular formula is C57H44Cl3FN12O2. The minimum atomic E-state index is -0.296. The predicted molar refractivity (Wildman–Crippen MR) is 294 cm³/mol. The van der Waals surface area contributed by atoms with E-state index in [0.717, 1.165) is 67.0 Å². The molecule has 0 amide bonds. The van der Waals surface area contributed by atoms with E-state index >= 15 is 0 Å². The van der Waals surface area contributed by atoms with Gasteiger partial charge in [-0.1, -0.05) is 131 Å². The van der Waals surface area contributed by atoms with Gasteiger partial charge >= 0.3 is 0 Å². The van der Waals surface area contributed by atoms with Gasteiger partial charge in [0, 0.05) is 54.5 Å². The lowest BCUT2D eigenvalue weighted by Crippen LogP contribution is -1.95. The maximum atomic E-state index is 13.2. The Balaban J connectivity index is 0.000000129. The Morgan fingerprint density at radius 3 is 1.16 bits per heavy atom. The highest BCUT2D eigenvalue weighted by Crippen LogP contribution is 2.40. The minimum absolute atomic E-state index is 0.296. The van der Waals surface area contributed by atoms with Crippen molar-refractivity contribution in [2.75, 3.05) is 14.2 Å². The summed E-state index contributed by atoms with van der Waals surface area (Å²) in [6.07, 6.45) is 0. The van der Waals surface area contributed by atoms with E-state index in [1.165, 1.54) is 17.7 Å². The lowest BCUT2D eigenvalue weighted by atomic mass is 10.1. The number of fused-ring (bicyclic) bond motifs is 3. The molecule has 0 N–H and O–H groups in total. The minimum Gasteiger partial charge on any atom is -0.497 e. The Kier molecular flexibility index (Phi) is 14.3. The number of benzene rings is 6. The van der Waals surface area contributed by atoms with Crippen molar-refractivity contribution in [1.82, 2.24) is 59.9 Å². The van der Waals surface area contributed by atoms with E-state index in [9.17, 15) is 4.39 Å². The van der Waals surface area contributed by atoms with Crippen molar-refractivity contribution in [1.29, 1.82) is 0 Å². The molecule has 0 aliphatic carbocycles.